The molecular formula is C10H11NO2S. The van der Waals surface area contributed by atoms with E-state index in [-0.39, 0.29) is 0 Å². The van der Waals surface area contributed by atoms with Crippen molar-refractivity contribution in [2.24, 2.45) is 4.40 Å². The zero-order valence-corrected chi connectivity index (χ0v) is 8.61. The van der Waals surface area contributed by atoms with Crippen LogP contribution in [0.2, 0.25) is 0 Å². The summed E-state index contributed by atoms with van der Waals surface area (Å²) in [4.78, 5) is 0. The standard InChI is InChI=1S/C10H11NO2S/c1-14(12,13)11-9-5-8-10-6-3-2-4-7-10/h2-9H,1H3. The van der Waals surface area contributed by atoms with Crippen LogP contribution >= 0.6 is 0 Å². The van der Waals surface area contributed by atoms with Crippen molar-refractivity contribution >= 4 is 22.3 Å². The van der Waals surface area contributed by atoms with Gasteiger partial charge in [-0.15, -0.1) is 0 Å². The van der Waals surface area contributed by atoms with Crippen LogP contribution in [0.15, 0.2) is 40.8 Å². The maximum Gasteiger partial charge on any atom is 0.250 e. The van der Waals surface area contributed by atoms with Crippen LogP contribution in [0.4, 0.5) is 0 Å². The van der Waals surface area contributed by atoms with Crippen LogP contribution in [0.25, 0.3) is 6.08 Å². The second kappa shape index (κ2) is 4.72. The van der Waals surface area contributed by atoms with Crippen LogP contribution < -0.4 is 0 Å². The topological polar surface area (TPSA) is 46.5 Å². The van der Waals surface area contributed by atoms with E-state index in [9.17, 15) is 8.42 Å². The van der Waals surface area contributed by atoms with Crippen molar-refractivity contribution in [2.75, 3.05) is 6.26 Å². The fraction of sp³-hybridized carbons (Fsp3) is 0.100. The molecule has 14 heavy (non-hydrogen) atoms. The average Bonchev–Trinajstić information content (AvgIpc) is 2.13. The van der Waals surface area contributed by atoms with E-state index in [0.717, 1.165) is 11.8 Å². The van der Waals surface area contributed by atoms with Gasteiger partial charge in [-0.1, -0.05) is 36.4 Å². The fourth-order valence-corrected chi connectivity index (χ4v) is 1.16. The van der Waals surface area contributed by atoms with Crippen molar-refractivity contribution in [1.82, 2.24) is 0 Å². The van der Waals surface area contributed by atoms with E-state index < -0.39 is 10.0 Å². The van der Waals surface area contributed by atoms with Crippen LogP contribution in [0.5, 0.6) is 0 Å². The van der Waals surface area contributed by atoms with Gasteiger partial charge in [0.05, 0.1) is 6.26 Å². The Hall–Kier alpha value is -1.42. The second-order valence-corrected chi connectivity index (χ2v) is 4.43. The Balaban J connectivity index is 2.63. The molecule has 74 valence electrons. The highest BCUT2D eigenvalue weighted by Gasteiger charge is 1.90. The van der Waals surface area contributed by atoms with Crippen molar-refractivity contribution in [1.29, 1.82) is 0 Å². The third kappa shape index (κ3) is 4.57. The van der Waals surface area contributed by atoms with E-state index in [1.165, 1.54) is 6.21 Å². The number of benzene rings is 1. The first kappa shape index (κ1) is 10.7. The van der Waals surface area contributed by atoms with E-state index in [2.05, 4.69) is 4.40 Å². The number of hydrogen-bond acceptors (Lipinski definition) is 2. The first-order valence-electron chi connectivity index (χ1n) is 4.05. The first-order chi connectivity index (χ1) is 6.58. The molecule has 0 fully saturated rings. The fourth-order valence-electron chi connectivity index (χ4n) is 0.864. The zero-order chi connectivity index (χ0) is 10.4. The summed E-state index contributed by atoms with van der Waals surface area (Å²) in [6.45, 7) is 0. The molecule has 0 aliphatic heterocycles. The van der Waals surface area contributed by atoms with Gasteiger partial charge in [-0.25, -0.2) is 8.42 Å². The van der Waals surface area contributed by atoms with Crippen molar-refractivity contribution in [3.8, 4) is 0 Å². The van der Waals surface area contributed by atoms with E-state index in [0.29, 0.717) is 0 Å². The molecular weight excluding hydrogens is 198 g/mol. The van der Waals surface area contributed by atoms with Crippen LogP contribution in [-0.4, -0.2) is 20.9 Å². The molecule has 0 aliphatic rings. The molecule has 0 spiro atoms. The normalized spacial score (nSPS) is 12.6. The third-order valence-corrected chi connectivity index (χ3v) is 1.93. The van der Waals surface area contributed by atoms with Gasteiger partial charge in [0.15, 0.2) is 0 Å². The predicted octanol–water partition coefficient (Wildman–Crippen LogP) is 1.73. The average molecular weight is 209 g/mol. The van der Waals surface area contributed by atoms with E-state index in [4.69, 9.17) is 0 Å². The highest BCUT2D eigenvalue weighted by atomic mass is 32.2. The van der Waals surface area contributed by atoms with E-state index in [1.807, 2.05) is 30.3 Å². The molecule has 0 unspecified atom stereocenters. The van der Waals surface area contributed by atoms with E-state index >= 15 is 0 Å². The summed E-state index contributed by atoms with van der Waals surface area (Å²) in [5.41, 5.74) is 1.01. The van der Waals surface area contributed by atoms with Crippen molar-refractivity contribution in [3.05, 3.63) is 42.0 Å². The summed E-state index contributed by atoms with van der Waals surface area (Å²) in [6.07, 6.45) is 5.70. The van der Waals surface area contributed by atoms with Gasteiger partial charge < -0.3 is 0 Å². The van der Waals surface area contributed by atoms with Gasteiger partial charge in [0.2, 0.25) is 10.0 Å². The minimum absolute atomic E-state index is 1.01. The molecule has 0 atom stereocenters. The van der Waals surface area contributed by atoms with Gasteiger partial charge in [-0.2, -0.15) is 4.40 Å². The molecule has 0 amide bonds. The molecule has 0 radical (unpaired) electrons. The lowest BCUT2D eigenvalue weighted by Crippen LogP contribution is -1.88. The molecule has 4 heteroatoms. The zero-order valence-electron chi connectivity index (χ0n) is 7.79. The van der Waals surface area contributed by atoms with Gasteiger partial charge in [0.25, 0.3) is 0 Å². The number of allylic oxidation sites excluding steroid dienone is 1. The van der Waals surface area contributed by atoms with Gasteiger partial charge in [-0.3, -0.25) is 0 Å². The highest BCUT2D eigenvalue weighted by Crippen LogP contribution is 1.99. The molecule has 1 rings (SSSR count). The third-order valence-electron chi connectivity index (χ3n) is 1.43. The summed E-state index contributed by atoms with van der Waals surface area (Å²) in [6, 6.07) is 9.58. The Morgan fingerprint density at radius 3 is 2.43 bits per heavy atom. The number of hydrogen-bond donors (Lipinski definition) is 0. The molecule has 0 saturated heterocycles. The van der Waals surface area contributed by atoms with Crippen LogP contribution in [0.3, 0.4) is 0 Å². The predicted molar refractivity (Wildman–Crippen MR) is 58.8 cm³/mol. The van der Waals surface area contributed by atoms with Gasteiger partial charge in [0.1, 0.15) is 0 Å². The number of nitrogens with zero attached hydrogens (tertiary/aromatic N) is 1. The van der Waals surface area contributed by atoms with Crippen LogP contribution in [0, 0.1) is 0 Å². The van der Waals surface area contributed by atoms with Crippen molar-refractivity contribution in [3.63, 3.8) is 0 Å². The summed E-state index contributed by atoms with van der Waals surface area (Å²) in [5, 5.41) is 0. The minimum Gasteiger partial charge on any atom is -0.205 e. The molecule has 0 N–H and O–H groups in total. The molecule has 1 aromatic carbocycles. The maximum absolute atomic E-state index is 10.6. The van der Waals surface area contributed by atoms with Crippen molar-refractivity contribution < 1.29 is 8.42 Å². The van der Waals surface area contributed by atoms with Gasteiger partial charge in [0, 0.05) is 6.21 Å². The summed E-state index contributed by atoms with van der Waals surface area (Å²) < 4.78 is 24.6. The Bertz CT molecular complexity index is 432. The lowest BCUT2D eigenvalue weighted by atomic mass is 10.2. The monoisotopic (exact) mass is 209 g/mol. The largest absolute Gasteiger partial charge is 0.250 e. The van der Waals surface area contributed by atoms with Crippen LogP contribution in [0.1, 0.15) is 5.56 Å². The molecule has 0 bridgehead atoms. The summed E-state index contributed by atoms with van der Waals surface area (Å²) >= 11 is 0. The molecule has 0 aromatic heterocycles. The van der Waals surface area contributed by atoms with E-state index in [1.54, 1.807) is 12.2 Å². The lowest BCUT2D eigenvalue weighted by molar-refractivity contribution is 0.604. The Morgan fingerprint density at radius 2 is 1.86 bits per heavy atom. The Kier molecular flexibility index (Phi) is 3.59. The molecule has 3 nitrogen and oxygen atoms in total. The lowest BCUT2D eigenvalue weighted by Gasteiger charge is -1.88. The highest BCUT2D eigenvalue weighted by molar-refractivity contribution is 7.89. The molecule has 0 aliphatic carbocycles. The molecule has 0 saturated carbocycles. The number of rotatable bonds is 3. The van der Waals surface area contributed by atoms with Gasteiger partial charge in [-0.05, 0) is 11.6 Å². The Morgan fingerprint density at radius 1 is 1.21 bits per heavy atom. The quantitative estimate of drug-likeness (QED) is 0.712. The maximum atomic E-state index is 10.6. The van der Waals surface area contributed by atoms with Crippen molar-refractivity contribution in [2.45, 2.75) is 0 Å². The molecule has 0 heterocycles. The second-order valence-electron chi connectivity index (χ2n) is 2.76. The summed E-state index contributed by atoms with van der Waals surface area (Å²) in [7, 11) is -3.26. The Labute approximate surface area is 83.9 Å². The molecule has 1 aromatic rings. The smallest absolute Gasteiger partial charge is 0.205 e. The van der Waals surface area contributed by atoms with Gasteiger partial charge >= 0.3 is 0 Å². The van der Waals surface area contributed by atoms with Crippen LogP contribution in [-0.2, 0) is 10.0 Å². The SMILES string of the molecule is CS(=O)(=O)N=CC=Cc1ccccc1. The number of sulfonamides is 1. The first-order valence-corrected chi connectivity index (χ1v) is 5.90. The minimum atomic E-state index is -3.26. The summed E-state index contributed by atoms with van der Waals surface area (Å²) in [5.74, 6) is 0.